The molecule has 0 aromatic heterocycles. The van der Waals surface area contributed by atoms with E-state index < -0.39 is 0 Å². The molecule has 0 radical (unpaired) electrons. The number of hydrogen-bond donors (Lipinski definition) is 1. The zero-order valence-electron chi connectivity index (χ0n) is 8.39. The van der Waals surface area contributed by atoms with Crippen LogP contribution in [0.4, 0.5) is 10.1 Å². The van der Waals surface area contributed by atoms with Gasteiger partial charge < -0.3 is 5.73 Å². The molecule has 0 unspecified atom stereocenters. The first kappa shape index (κ1) is 11.7. The predicted octanol–water partition coefficient (Wildman–Crippen LogP) is 3.47. The molecule has 0 aliphatic rings. The monoisotopic (exact) mass is 181 g/mol. The molecule has 13 heavy (non-hydrogen) atoms. The lowest BCUT2D eigenvalue weighted by Gasteiger charge is -2.03. The summed E-state index contributed by atoms with van der Waals surface area (Å²) in [5, 5.41) is 0. The molecule has 1 aromatic carbocycles. The SMILES string of the molecule is C=C(C)c1ccc(F)cc1N.CC. The van der Waals surface area contributed by atoms with Gasteiger partial charge in [0.1, 0.15) is 5.82 Å². The van der Waals surface area contributed by atoms with Crippen molar-refractivity contribution in [3.63, 3.8) is 0 Å². The Morgan fingerprint density at radius 2 is 1.92 bits per heavy atom. The molecule has 0 spiro atoms. The maximum atomic E-state index is 12.5. The number of benzene rings is 1. The smallest absolute Gasteiger partial charge is 0.125 e. The Hall–Kier alpha value is -1.31. The van der Waals surface area contributed by atoms with Crippen molar-refractivity contribution in [2.75, 3.05) is 5.73 Å². The van der Waals surface area contributed by atoms with Crippen LogP contribution >= 0.6 is 0 Å². The zero-order valence-corrected chi connectivity index (χ0v) is 8.39. The maximum absolute atomic E-state index is 12.5. The second-order valence-electron chi connectivity index (χ2n) is 2.51. The fourth-order valence-electron chi connectivity index (χ4n) is 0.922. The molecule has 0 amide bonds. The van der Waals surface area contributed by atoms with E-state index in [1.165, 1.54) is 12.1 Å². The molecule has 0 fully saturated rings. The van der Waals surface area contributed by atoms with E-state index in [1.54, 1.807) is 6.07 Å². The lowest BCUT2D eigenvalue weighted by Crippen LogP contribution is -1.92. The molecule has 2 heteroatoms. The van der Waals surface area contributed by atoms with Gasteiger partial charge in [0.05, 0.1) is 0 Å². The second-order valence-corrected chi connectivity index (χ2v) is 2.51. The van der Waals surface area contributed by atoms with Crippen molar-refractivity contribution in [1.29, 1.82) is 0 Å². The fraction of sp³-hybridized carbons (Fsp3) is 0.273. The van der Waals surface area contributed by atoms with Crippen molar-refractivity contribution >= 4 is 11.3 Å². The minimum atomic E-state index is -0.312. The minimum Gasteiger partial charge on any atom is -0.398 e. The van der Waals surface area contributed by atoms with E-state index in [2.05, 4.69) is 6.58 Å². The summed E-state index contributed by atoms with van der Waals surface area (Å²) in [5.74, 6) is -0.312. The number of nitrogens with two attached hydrogens (primary N) is 1. The second kappa shape index (κ2) is 5.36. The van der Waals surface area contributed by atoms with Gasteiger partial charge in [-0.25, -0.2) is 4.39 Å². The Balaban J connectivity index is 0.000000671. The van der Waals surface area contributed by atoms with Crippen LogP contribution < -0.4 is 5.73 Å². The van der Waals surface area contributed by atoms with Crippen molar-refractivity contribution < 1.29 is 4.39 Å². The van der Waals surface area contributed by atoms with E-state index >= 15 is 0 Å². The van der Waals surface area contributed by atoms with E-state index in [0.29, 0.717) is 5.69 Å². The van der Waals surface area contributed by atoms with Crippen LogP contribution in [0, 0.1) is 5.82 Å². The summed E-state index contributed by atoms with van der Waals surface area (Å²) in [4.78, 5) is 0. The summed E-state index contributed by atoms with van der Waals surface area (Å²) in [5.41, 5.74) is 7.62. The summed E-state index contributed by atoms with van der Waals surface area (Å²) in [6, 6.07) is 4.30. The van der Waals surface area contributed by atoms with Crippen LogP contribution in [0.25, 0.3) is 5.57 Å². The molecular formula is C11H16FN. The molecule has 0 saturated heterocycles. The van der Waals surface area contributed by atoms with Gasteiger partial charge >= 0.3 is 0 Å². The van der Waals surface area contributed by atoms with Gasteiger partial charge in [-0.1, -0.05) is 20.4 Å². The fourth-order valence-corrected chi connectivity index (χ4v) is 0.922. The molecular weight excluding hydrogens is 165 g/mol. The van der Waals surface area contributed by atoms with E-state index in [1.807, 2.05) is 20.8 Å². The molecule has 0 heterocycles. The Labute approximate surface area is 79.1 Å². The van der Waals surface area contributed by atoms with Crippen LogP contribution in [0.1, 0.15) is 26.3 Å². The minimum absolute atomic E-state index is 0.312. The largest absolute Gasteiger partial charge is 0.398 e. The highest BCUT2D eigenvalue weighted by atomic mass is 19.1. The Bertz CT molecular complexity index is 292. The number of rotatable bonds is 1. The van der Waals surface area contributed by atoms with Gasteiger partial charge in [-0.2, -0.15) is 0 Å². The molecule has 0 atom stereocenters. The Morgan fingerprint density at radius 3 is 2.31 bits per heavy atom. The van der Waals surface area contributed by atoms with Crippen LogP contribution in [-0.4, -0.2) is 0 Å². The number of halogens is 1. The van der Waals surface area contributed by atoms with Gasteiger partial charge in [-0.15, -0.1) is 0 Å². The molecule has 0 bridgehead atoms. The Kier molecular flexibility index (Phi) is 4.82. The van der Waals surface area contributed by atoms with Crippen molar-refractivity contribution in [3.8, 4) is 0 Å². The van der Waals surface area contributed by atoms with Crippen molar-refractivity contribution in [2.24, 2.45) is 0 Å². The molecule has 0 aliphatic heterocycles. The van der Waals surface area contributed by atoms with E-state index in [4.69, 9.17) is 5.73 Å². The molecule has 0 saturated carbocycles. The molecule has 1 nitrogen and oxygen atoms in total. The van der Waals surface area contributed by atoms with Crippen LogP contribution in [0.15, 0.2) is 24.8 Å². The Morgan fingerprint density at radius 1 is 1.38 bits per heavy atom. The molecule has 0 aliphatic carbocycles. The van der Waals surface area contributed by atoms with Gasteiger partial charge in [-0.05, 0) is 36.3 Å². The summed E-state index contributed by atoms with van der Waals surface area (Å²) >= 11 is 0. The third-order valence-corrected chi connectivity index (χ3v) is 1.47. The average molecular weight is 181 g/mol. The normalized spacial score (nSPS) is 8.62. The van der Waals surface area contributed by atoms with Crippen molar-refractivity contribution in [1.82, 2.24) is 0 Å². The highest BCUT2D eigenvalue weighted by Crippen LogP contribution is 2.19. The quantitative estimate of drug-likeness (QED) is 0.659. The molecule has 2 N–H and O–H groups in total. The standard InChI is InChI=1S/C9H10FN.C2H6/c1-6(2)8-4-3-7(10)5-9(8)11;1-2/h3-5H,1,11H2,2H3;1-2H3. The number of hydrogen-bond acceptors (Lipinski definition) is 1. The van der Waals surface area contributed by atoms with Gasteiger partial charge in [0.15, 0.2) is 0 Å². The first-order valence-electron chi connectivity index (χ1n) is 4.32. The lowest BCUT2D eigenvalue weighted by atomic mass is 10.1. The lowest BCUT2D eigenvalue weighted by molar-refractivity contribution is 0.628. The predicted molar refractivity (Wildman–Crippen MR) is 56.9 cm³/mol. The first-order valence-corrected chi connectivity index (χ1v) is 4.32. The topological polar surface area (TPSA) is 26.0 Å². The van der Waals surface area contributed by atoms with Crippen LogP contribution in [0.2, 0.25) is 0 Å². The van der Waals surface area contributed by atoms with Crippen molar-refractivity contribution in [2.45, 2.75) is 20.8 Å². The van der Waals surface area contributed by atoms with Crippen molar-refractivity contribution in [3.05, 3.63) is 36.2 Å². The summed E-state index contributed by atoms with van der Waals surface area (Å²) < 4.78 is 12.5. The average Bonchev–Trinajstić information content (AvgIpc) is 2.07. The third kappa shape index (κ3) is 3.28. The highest BCUT2D eigenvalue weighted by molar-refractivity contribution is 5.72. The van der Waals surface area contributed by atoms with E-state index in [0.717, 1.165) is 11.1 Å². The summed E-state index contributed by atoms with van der Waals surface area (Å²) in [7, 11) is 0. The number of anilines is 1. The molecule has 1 aromatic rings. The number of allylic oxidation sites excluding steroid dienone is 1. The van der Waals surface area contributed by atoms with Crippen LogP contribution in [0.5, 0.6) is 0 Å². The maximum Gasteiger partial charge on any atom is 0.125 e. The molecule has 72 valence electrons. The summed E-state index contributed by atoms with van der Waals surface area (Å²) in [6.07, 6.45) is 0. The number of nitrogen functional groups attached to an aromatic ring is 1. The van der Waals surface area contributed by atoms with E-state index in [-0.39, 0.29) is 5.82 Å². The van der Waals surface area contributed by atoms with E-state index in [9.17, 15) is 4.39 Å². The van der Waals surface area contributed by atoms with Gasteiger partial charge in [-0.3, -0.25) is 0 Å². The molecule has 1 rings (SSSR count). The zero-order chi connectivity index (χ0) is 10.4. The highest BCUT2D eigenvalue weighted by Gasteiger charge is 1.99. The van der Waals surface area contributed by atoms with Gasteiger partial charge in [0.25, 0.3) is 0 Å². The third-order valence-electron chi connectivity index (χ3n) is 1.47. The van der Waals surface area contributed by atoms with Crippen LogP contribution in [0.3, 0.4) is 0 Å². The van der Waals surface area contributed by atoms with Crippen LogP contribution in [-0.2, 0) is 0 Å². The van der Waals surface area contributed by atoms with Gasteiger partial charge in [0, 0.05) is 5.69 Å². The van der Waals surface area contributed by atoms with Gasteiger partial charge in [0.2, 0.25) is 0 Å². The summed E-state index contributed by atoms with van der Waals surface area (Å²) in [6.45, 7) is 9.55. The first-order chi connectivity index (χ1) is 6.11.